The topological polar surface area (TPSA) is 78.9 Å². The van der Waals surface area contributed by atoms with Gasteiger partial charge in [-0.15, -0.1) is 0 Å². The van der Waals surface area contributed by atoms with Gasteiger partial charge in [0.1, 0.15) is 13.2 Å². The summed E-state index contributed by atoms with van der Waals surface area (Å²) in [6.45, 7) is 6.51. The third-order valence-electron chi connectivity index (χ3n) is 11.5. The summed E-state index contributed by atoms with van der Waals surface area (Å²) in [5, 5.41) is 0. The van der Waals surface area contributed by atoms with Crippen LogP contribution in [0.5, 0.6) is 0 Å². The highest BCUT2D eigenvalue weighted by Crippen LogP contribution is 2.15. The lowest BCUT2D eigenvalue weighted by Crippen LogP contribution is -2.30. The molecule has 0 aromatic rings. The highest BCUT2D eigenvalue weighted by molar-refractivity contribution is 5.71. The first-order valence-electron chi connectivity index (χ1n) is 26.8. The van der Waals surface area contributed by atoms with Crippen molar-refractivity contribution in [1.82, 2.24) is 0 Å². The second-order valence-electron chi connectivity index (χ2n) is 17.8. The van der Waals surface area contributed by atoms with Crippen molar-refractivity contribution in [1.29, 1.82) is 0 Å². The van der Waals surface area contributed by atoms with Crippen molar-refractivity contribution in [2.24, 2.45) is 0 Å². The van der Waals surface area contributed by atoms with Crippen molar-refractivity contribution in [2.75, 3.05) is 13.2 Å². The third kappa shape index (κ3) is 50.0. The number of hydrogen-bond donors (Lipinski definition) is 0. The zero-order valence-corrected chi connectivity index (χ0v) is 41.6. The van der Waals surface area contributed by atoms with Crippen molar-refractivity contribution in [3.05, 3.63) is 60.8 Å². The summed E-state index contributed by atoms with van der Waals surface area (Å²) in [6, 6.07) is 0. The number of esters is 3. The molecule has 0 N–H and O–H groups in total. The Morgan fingerprint density at radius 1 is 0.317 bits per heavy atom. The molecular weight excluding hydrogens is 781 g/mol. The van der Waals surface area contributed by atoms with E-state index in [4.69, 9.17) is 14.2 Å². The Bertz CT molecular complexity index is 1150. The van der Waals surface area contributed by atoms with Crippen LogP contribution in [0.1, 0.15) is 265 Å². The molecule has 6 nitrogen and oxygen atoms in total. The van der Waals surface area contributed by atoms with Crippen LogP contribution in [0.25, 0.3) is 0 Å². The molecule has 0 amide bonds. The van der Waals surface area contributed by atoms with Gasteiger partial charge in [0.25, 0.3) is 0 Å². The highest BCUT2D eigenvalue weighted by atomic mass is 16.6. The maximum Gasteiger partial charge on any atom is 0.306 e. The van der Waals surface area contributed by atoms with E-state index in [2.05, 4.69) is 81.5 Å². The number of hydrogen-bond acceptors (Lipinski definition) is 6. The summed E-state index contributed by atoms with van der Waals surface area (Å²) < 4.78 is 16.7. The van der Waals surface area contributed by atoms with Gasteiger partial charge in [0.2, 0.25) is 0 Å². The average molecular weight is 881 g/mol. The Kier molecular flexibility index (Phi) is 49.4. The maximum atomic E-state index is 12.7. The Balaban J connectivity index is 4.16. The van der Waals surface area contributed by atoms with E-state index in [1.165, 1.54) is 122 Å². The van der Waals surface area contributed by atoms with E-state index in [1.807, 2.05) is 0 Å². The summed E-state index contributed by atoms with van der Waals surface area (Å²) in [4.78, 5) is 37.8. The molecule has 0 radical (unpaired) electrons. The molecule has 0 saturated heterocycles. The molecule has 0 aliphatic heterocycles. The lowest BCUT2D eigenvalue weighted by molar-refractivity contribution is -0.167. The fourth-order valence-corrected chi connectivity index (χ4v) is 7.43. The lowest BCUT2D eigenvalue weighted by atomic mass is 10.1. The molecule has 364 valence electrons. The first-order valence-corrected chi connectivity index (χ1v) is 26.8. The molecule has 0 fully saturated rings. The number of allylic oxidation sites excluding steroid dienone is 10. The summed E-state index contributed by atoms with van der Waals surface area (Å²) in [6.07, 6.45) is 63.7. The molecule has 0 aromatic heterocycles. The van der Waals surface area contributed by atoms with Crippen LogP contribution in [0.4, 0.5) is 0 Å². The molecule has 0 aliphatic rings. The van der Waals surface area contributed by atoms with Crippen LogP contribution < -0.4 is 0 Å². The summed E-state index contributed by atoms with van der Waals surface area (Å²) in [5.41, 5.74) is 0. The quantitative estimate of drug-likeness (QED) is 0.0262. The van der Waals surface area contributed by atoms with Crippen molar-refractivity contribution in [2.45, 2.75) is 271 Å². The van der Waals surface area contributed by atoms with Gasteiger partial charge >= 0.3 is 17.9 Å². The molecular formula is C57H100O6. The number of carbonyl (C=O) groups is 3. The minimum absolute atomic E-state index is 0.0804. The molecule has 0 heterocycles. The van der Waals surface area contributed by atoms with E-state index >= 15 is 0 Å². The van der Waals surface area contributed by atoms with Gasteiger partial charge in [-0.2, -0.15) is 0 Å². The van der Waals surface area contributed by atoms with Crippen molar-refractivity contribution in [3.8, 4) is 0 Å². The van der Waals surface area contributed by atoms with Crippen molar-refractivity contribution in [3.63, 3.8) is 0 Å². The normalized spacial score (nSPS) is 12.5. The number of ether oxygens (including phenoxy) is 3. The second kappa shape index (κ2) is 51.7. The first kappa shape index (κ1) is 60.1. The van der Waals surface area contributed by atoms with E-state index in [0.29, 0.717) is 19.3 Å². The number of rotatable bonds is 48. The van der Waals surface area contributed by atoms with Gasteiger partial charge in [0.05, 0.1) is 0 Å². The van der Waals surface area contributed by atoms with Crippen LogP contribution in [0.2, 0.25) is 0 Å². The molecule has 0 spiro atoms. The lowest BCUT2D eigenvalue weighted by Gasteiger charge is -2.18. The fourth-order valence-electron chi connectivity index (χ4n) is 7.43. The van der Waals surface area contributed by atoms with Crippen molar-refractivity contribution < 1.29 is 28.6 Å². The molecule has 63 heavy (non-hydrogen) atoms. The smallest absolute Gasteiger partial charge is 0.306 e. The predicted molar refractivity (Wildman–Crippen MR) is 270 cm³/mol. The molecule has 0 saturated carbocycles. The third-order valence-corrected chi connectivity index (χ3v) is 11.5. The maximum absolute atomic E-state index is 12.7. The molecule has 0 aromatic carbocycles. The zero-order valence-electron chi connectivity index (χ0n) is 41.6. The number of unbranched alkanes of at least 4 members (excludes halogenated alkanes) is 27. The fraction of sp³-hybridized carbons (Fsp3) is 0.772. The Labute approximate surface area is 390 Å². The molecule has 1 unspecified atom stereocenters. The Morgan fingerprint density at radius 3 is 0.952 bits per heavy atom. The average Bonchev–Trinajstić information content (AvgIpc) is 3.28. The largest absolute Gasteiger partial charge is 0.462 e. The van der Waals surface area contributed by atoms with E-state index in [9.17, 15) is 14.4 Å². The number of carbonyl (C=O) groups excluding carboxylic acids is 3. The van der Waals surface area contributed by atoms with Crippen LogP contribution in [0, 0.1) is 0 Å². The van der Waals surface area contributed by atoms with Gasteiger partial charge in [0.15, 0.2) is 6.10 Å². The zero-order chi connectivity index (χ0) is 45.8. The van der Waals surface area contributed by atoms with E-state index in [-0.39, 0.29) is 31.1 Å². The minimum Gasteiger partial charge on any atom is -0.462 e. The van der Waals surface area contributed by atoms with Gasteiger partial charge < -0.3 is 14.2 Å². The van der Waals surface area contributed by atoms with Crippen LogP contribution in [-0.4, -0.2) is 37.2 Å². The molecule has 0 aliphatic carbocycles. The van der Waals surface area contributed by atoms with E-state index in [0.717, 1.165) is 103 Å². The second-order valence-corrected chi connectivity index (χ2v) is 17.8. The van der Waals surface area contributed by atoms with Crippen LogP contribution in [0.15, 0.2) is 60.8 Å². The van der Waals surface area contributed by atoms with Gasteiger partial charge in [-0.05, 0) is 83.5 Å². The van der Waals surface area contributed by atoms with Gasteiger partial charge in [-0.25, -0.2) is 0 Å². The van der Waals surface area contributed by atoms with Gasteiger partial charge in [-0.1, -0.05) is 223 Å². The summed E-state index contributed by atoms with van der Waals surface area (Å²) in [5.74, 6) is -0.902. The molecule has 0 rings (SSSR count). The van der Waals surface area contributed by atoms with Crippen LogP contribution in [-0.2, 0) is 28.6 Å². The highest BCUT2D eigenvalue weighted by Gasteiger charge is 2.19. The van der Waals surface area contributed by atoms with Crippen LogP contribution in [0.3, 0.4) is 0 Å². The monoisotopic (exact) mass is 881 g/mol. The first-order chi connectivity index (χ1) is 31.0. The summed E-state index contributed by atoms with van der Waals surface area (Å²) >= 11 is 0. The van der Waals surface area contributed by atoms with E-state index in [1.54, 1.807) is 0 Å². The SMILES string of the molecule is CCC/C=C\C/C=C\CCCCCCCC(=O)OC(COC(=O)CCCCCCCCC)COC(=O)CCCCCCCCCCCC/C=C\C/C=C\C/C=C\CCCCCCC. The molecule has 0 bridgehead atoms. The Hall–Kier alpha value is -2.89. The predicted octanol–water partition coefficient (Wildman–Crippen LogP) is 17.6. The van der Waals surface area contributed by atoms with Gasteiger partial charge in [0, 0.05) is 19.3 Å². The summed E-state index contributed by atoms with van der Waals surface area (Å²) in [7, 11) is 0. The minimum atomic E-state index is -0.779. The van der Waals surface area contributed by atoms with Crippen LogP contribution >= 0.6 is 0 Å². The van der Waals surface area contributed by atoms with Gasteiger partial charge in [-0.3, -0.25) is 14.4 Å². The standard InChI is InChI=1S/C57H100O6/c1-4-7-10-13-16-18-20-22-23-24-25-26-27-28-29-30-31-32-33-35-36-38-41-44-47-50-56(59)62-53-54(52-61-55(58)49-46-43-40-15-12-9-6-3)63-57(60)51-48-45-42-39-37-34-21-19-17-14-11-8-5-2/h11,14,19-22,24-25,27-28,54H,4-10,12-13,15-18,23,26,29-53H2,1-3H3/b14-11-,21-19-,22-20-,25-24-,28-27-. The Morgan fingerprint density at radius 2 is 0.603 bits per heavy atom. The molecule has 1 atom stereocenters. The molecule has 6 heteroatoms. The van der Waals surface area contributed by atoms with E-state index < -0.39 is 6.10 Å². The van der Waals surface area contributed by atoms with Crippen molar-refractivity contribution >= 4 is 17.9 Å².